The molecule has 0 amide bonds. The zero-order valence-electron chi connectivity index (χ0n) is 14.9. The molecule has 1 aromatic carbocycles. The molecular weight excluding hydrogens is 414 g/mol. The van der Waals surface area contributed by atoms with Gasteiger partial charge in [0.05, 0.1) is 16.8 Å². The number of anilines is 1. The number of aromatic amines is 2. The first-order chi connectivity index (χ1) is 13.1. The van der Waals surface area contributed by atoms with Crippen molar-refractivity contribution < 1.29 is 9.47 Å². The molecule has 142 valence electrons. The van der Waals surface area contributed by atoms with Crippen LogP contribution in [0.5, 0.6) is 5.75 Å². The normalized spacial score (nSPS) is 16.7. The Morgan fingerprint density at radius 3 is 3.15 bits per heavy atom. The van der Waals surface area contributed by atoms with Gasteiger partial charge in [0.2, 0.25) is 5.95 Å². The Morgan fingerprint density at radius 2 is 2.33 bits per heavy atom. The molecule has 0 saturated carbocycles. The standard InChI is InChI=1S/C18H20BrN5O3/c1-24(18-21-16-13(8-20-23-16)17(25)22-18)9-11-4-2-6-14(19)15(11)27-10-12-5-3-7-26-12/h2,4,6,8,12H,3,5,7,9-10H2,1H3,(H2,20,21,22,23,25). The molecular formula is C18H20BrN5O3. The van der Waals surface area contributed by atoms with Crippen LogP contribution in [-0.4, -0.2) is 46.5 Å². The van der Waals surface area contributed by atoms with E-state index >= 15 is 0 Å². The highest BCUT2D eigenvalue weighted by molar-refractivity contribution is 9.10. The molecule has 3 heterocycles. The molecule has 0 bridgehead atoms. The Kier molecular flexibility index (Phi) is 5.13. The van der Waals surface area contributed by atoms with E-state index in [4.69, 9.17) is 9.47 Å². The van der Waals surface area contributed by atoms with E-state index in [1.54, 1.807) is 0 Å². The molecule has 0 aliphatic carbocycles. The number of halogens is 1. The van der Waals surface area contributed by atoms with Gasteiger partial charge >= 0.3 is 0 Å². The third-order valence-corrected chi connectivity index (χ3v) is 5.19. The maximum atomic E-state index is 12.2. The van der Waals surface area contributed by atoms with E-state index in [0.29, 0.717) is 30.1 Å². The summed E-state index contributed by atoms with van der Waals surface area (Å²) in [6.45, 7) is 1.84. The lowest BCUT2D eigenvalue weighted by atomic mass is 10.2. The molecule has 1 aliphatic rings. The Bertz CT molecular complexity index is 996. The van der Waals surface area contributed by atoms with Crippen molar-refractivity contribution in [1.82, 2.24) is 20.2 Å². The van der Waals surface area contributed by atoms with Crippen molar-refractivity contribution in [1.29, 1.82) is 0 Å². The first kappa shape index (κ1) is 18.0. The third-order valence-electron chi connectivity index (χ3n) is 4.56. The molecule has 4 rings (SSSR count). The van der Waals surface area contributed by atoms with Crippen LogP contribution in [0.4, 0.5) is 5.95 Å². The second-order valence-electron chi connectivity index (χ2n) is 6.55. The lowest BCUT2D eigenvalue weighted by Gasteiger charge is -2.21. The van der Waals surface area contributed by atoms with Crippen molar-refractivity contribution in [3.8, 4) is 5.75 Å². The largest absolute Gasteiger partial charge is 0.489 e. The van der Waals surface area contributed by atoms with Gasteiger partial charge in [0, 0.05) is 25.8 Å². The summed E-state index contributed by atoms with van der Waals surface area (Å²) in [6, 6.07) is 5.91. The first-order valence-electron chi connectivity index (χ1n) is 8.78. The lowest BCUT2D eigenvalue weighted by molar-refractivity contribution is 0.0673. The van der Waals surface area contributed by atoms with Crippen molar-refractivity contribution in [2.24, 2.45) is 0 Å². The molecule has 3 aromatic rings. The van der Waals surface area contributed by atoms with E-state index < -0.39 is 0 Å². The fourth-order valence-electron chi connectivity index (χ4n) is 3.14. The molecule has 8 nitrogen and oxygen atoms in total. The number of para-hydroxylation sites is 1. The van der Waals surface area contributed by atoms with Crippen LogP contribution < -0.4 is 15.2 Å². The van der Waals surface area contributed by atoms with Crippen LogP contribution >= 0.6 is 15.9 Å². The van der Waals surface area contributed by atoms with E-state index in [0.717, 1.165) is 35.2 Å². The quantitative estimate of drug-likeness (QED) is 0.619. The van der Waals surface area contributed by atoms with Crippen LogP contribution in [0, 0.1) is 0 Å². The minimum atomic E-state index is -0.223. The van der Waals surface area contributed by atoms with Crippen molar-refractivity contribution in [3.63, 3.8) is 0 Å². The predicted molar refractivity (Wildman–Crippen MR) is 105 cm³/mol. The monoisotopic (exact) mass is 433 g/mol. The molecule has 0 spiro atoms. The van der Waals surface area contributed by atoms with Crippen LogP contribution in [0.2, 0.25) is 0 Å². The highest BCUT2D eigenvalue weighted by Gasteiger charge is 2.19. The van der Waals surface area contributed by atoms with Gasteiger partial charge in [0.25, 0.3) is 5.56 Å². The fourth-order valence-corrected chi connectivity index (χ4v) is 3.66. The summed E-state index contributed by atoms with van der Waals surface area (Å²) in [5.74, 6) is 1.24. The van der Waals surface area contributed by atoms with Gasteiger partial charge < -0.3 is 14.4 Å². The van der Waals surface area contributed by atoms with Crippen LogP contribution in [0.15, 0.2) is 33.7 Å². The van der Waals surface area contributed by atoms with Gasteiger partial charge in [0.15, 0.2) is 5.65 Å². The number of hydrogen-bond acceptors (Lipinski definition) is 6. The minimum Gasteiger partial charge on any atom is -0.489 e. The second-order valence-corrected chi connectivity index (χ2v) is 7.41. The summed E-state index contributed by atoms with van der Waals surface area (Å²) in [5, 5.41) is 7.05. The summed E-state index contributed by atoms with van der Waals surface area (Å²) in [4.78, 5) is 21.3. The molecule has 0 radical (unpaired) electrons. The zero-order chi connectivity index (χ0) is 18.8. The zero-order valence-corrected chi connectivity index (χ0v) is 16.5. The number of ether oxygens (including phenoxy) is 2. The summed E-state index contributed by atoms with van der Waals surface area (Å²) in [5.41, 5.74) is 1.22. The summed E-state index contributed by atoms with van der Waals surface area (Å²) in [7, 11) is 1.87. The maximum absolute atomic E-state index is 12.2. The van der Waals surface area contributed by atoms with Gasteiger partial charge in [-0.05, 0) is 34.8 Å². The Hall–Kier alpha value is -2.39. The van der Waals surface area contributed by atoms with Crippen LogP contribution in [0.3, 0.4) is 0 Å². The Balaban J connectivity index is 1.55. The van der Waals surface area contributed by atoms with Crippen molar-refractivity contribution in [2.45, 2.75) is 25.5 Å². The van der Waals surface area contributed by atoms with Gasteiger partial charge in [-0.25, -0.2) is 0 Å². The van der Waals surface area contributed by atoms with Gasteiger partial charge in [-0.1, -0.05) is 12.1 Å². The van der Waals surface area contributed by atoms with E-state index in [1.807, 2.05) is 30.1 Å². The molecule has 27 heavy (non-hydrogen) atoms. The second kappa shape index (κ2) is 7.69. The van der Waals surface area contributed by atoms with Crippen LogP contribution in [0.25, 0.3) is 11.0 Å². The van der Waals surface area contributed by atoms with Crippen molar-refractivity contribution >= 4 is 32.9 Å². The van der Waals surface area contributed by atoms with Gasteiger partial charge in [-0.3, -0.25) is 14.9 Å². The predicted octanol–water partition coefficient (Wildman–Crippen LogP) is 2.60. The number of hydrogen-bond donors (Lipinski definition) is 2. The molecule has 1 atom stereocenters. The number of benzene rings is 1. The van der Waals surface area contributed by atoms with E-state index in [1.165, 1.54) is 6.20 Å². The highest BCUT2D eigenvalue weighted by Crippen LogP contribution is 2.31. The van der Waals surface area contributed by atoms with Crippen LogP contribution in [0.1, 0.15) is 18.4 Å². The van der Waals surface area contributed by atoms with Crippen LogP contribution in [-0.2, 0) is 11.3 Å². The Morgan fingerprint density at radius 1 is 1.44 bits per heavy atom. The van der Waals surface area contributed by atoms with E-state index in [9.17, 15) is 4.79 Å². The van der Waals surface area contributed by atoms with Crippen molar-refractivity contribution in [3.05, 3.63) is 44.8 Å². The minimum absolute atomic E-state index is 0.142. The highest BCUT2D eigenvalue weighted by atomic mass is 79.9. The number of fused-ring (bicyclic) bond motifs is 1. The summed E-state index contributed by atoms with van der Waals surface area (Å²) < 4.78 is 12.6. The first-order valence-corrected chi connectivity index (χ1v) is 9.57. The topological polar surface area (TPSA) is 96.1 Å². The van der Waals surface area contributed by atoms with E-state index in [2.05, 4.69) is 36.1 Å². The molecule has 1 unspecified atom stereocenters. The SMILES string of the molecule is CN(Cc1cccc(Br)c1OCC1CCCO1)c1nc2[nH]ncc2c(=O)[nH]1. The third kappa shape index (κ3) is 3.84. The molecule has 1 fully saturated rings. The average molecular weight is 434 g/mol. The number of H-pyrrole nitrogens is 2. The molecule has 2 N–H and O–H groups in total. The van der Waals surface area contributed by atoms with Gasteiger partial charge in [-0.2, -0.15) is 10.1 Å². The number of nitrogens with one attached hydrogen (secondary N) is 2. The number of nitrogens with zero attached hydrogens (tertiary/aromatic N) is 3. The Labute approximate surface area is 164 Å². The summed E-state index contributed by atoms with van der Waals surface area (Å²) >= 11 is 3.57. The lowest BCUT2D eigenvalue weighted by Crippen LogP contribution is -2.23. The van der Waals surface area contributed by atoms with Crippen molar-refractivity contribution in [2.75, 3.05) is 25.2 Å². The van der Waals surface area contributed by atoms with Gasteiger partial charge in [0.1, 0.15) is 17.7 Å². The average Bonchev–Trinajstić information content (AvgIpc) is 3.32. The smallest absolute Gasteiger partial charge is 0.263 e. The summed E-state index contributed by atoms with van der Waals surface area (Å²) in [6.07, 6.45) is 3.71. The van der Waals surface area contributed by atoms with Gasteiger partial charge in [-0.15, -0.1) is 0 Å². The molecule has 1 aliphatic heterocycles. The maximum Gasteiger partial charge on any atom is 0.263 e. The molecule has 2 aromatic heterocycles. The molecule has 9 heteroatoms. The molecule has 1 saturated heterocycles. The number of aromatic nitrogens is 4. The fraction of sp³-hybridized carbons (Fsp3) is 0.389. The van der Waals surface area contributed by atoms with E-state index in [-0.39, 0.29) is 11.7 Å². The number of rotatable bonds is 6.